The lowest BCUT2D eigenvalue weighted by Gasteiger charge is -2.08. The topological polar surface area (TPSA) is 176 Å². The number of nitrogens with two attached hydrogens (primary N) is 1. The van der Waals surface area contributed by atoms with E-state index in [-0.39, 0.29) is 34.1 Å². The van der Waals surface area contributed by atoms with Crippen LogP contribution >= 0.6 is 0 Å². The van der Waals surface area contributed by atoms with Crippen LogP contribution in [0.25, 0.3) is 11.0 Å². The number of rotatable bonds is 5. The number of H-pyrrole nitrogens is 2. The molecule has 0 unspecified atom stereocenters. The van der Waals surface area contributed by atoms with Gasteiger partial charge in [-0.1, -0.05) is 0 Å². The number of aromatic nitrogens is 4. The van der Waals surface area contributed by atoms with E-state index < -0.39 is 21.8 Å². The molecular weight excluding hydrogens is 350 g/mol. The van der Waals surface area contributed by atoms with Crippen molar-refractivity contribution in [3.63, 3.8) is 0 Å². The van der Waals surface area contributed by atoms with E-state index in [0.717, 1.165) is 6.26 Å². The van der Waals surface area contributed by atoms with Gasteiger partial charge in [-0.15, -0.1) is 0 Å². The largest absolute Gasteiger partial charge is 0.363 e. The van der Waals surface area contributed by atoms with E-state index in [2.05, 4.69) is 30.0 Å². The average molecular weight is 363 g/mol. The fourth-order valence-electron chi connectivity index (χ4n) is 2.19. The molecule has 3 aromatic rings. The summed E-state index contributed by atoms with van der Waals surface area (Å²) < 4.78 is 25.2. The molecule has 0 radical (unpaired) electrons. The number of hydrogen-bond acceptors (Lipinski definition) is 6. The highest BCUT2D eigenvalue weighted by molar-refractivity contribution is 7.92. The highest BCUT2D eigenvalue weighted by Crippen LogP contribution is 2.24. The Bertz CT molecular complexity index is 1070. The minimum atomic E-state index is -3.57. The third-order valence-electron chi connectivity index (χ3n) is 3.10. The number of primary amides is 1. The lowest BCUT2D eigenvalue weighted by molar-refractivity contribution is 0.0989. The van der Waals surface area contributed by atoms with Gasteiger partial charge >= 0.3 is 0 Å². The summed E-state index contributed by atoms with van der Waals surface area (Å²) in [5, 5.41) is 2.51. The molecule has 130 valence electrons. The van der Waals surface area contributed by atoms with Crippen molar-refractivity contribution in [3.8, 4) is 0 Å². The van der Waals surface area contributed by atoms with E-state index >= 15 is 0 Å². The van der Waals surface area contributed by atoms with Gasteiger partial charge in [-0.05, 0) is 12.1 Å². The van der Waals surface area contributed by atoms with Gasteiger partial charge < -0.3 is 15.7 Å². The number of sulfonamides is 1. The number of nitrogens with one attached hydrogen (secondary N) is 4. The number of carbonyl (C=O) groups excluding carboxylic acids is 2. The molecule has 0 atom stereocenters. The first-order valence-corrected chi connectivity index (χ1v) is 8.74. The van der Waals surface area contributed by atoms with E-state index in [1.54, 1.807) is 0 Å². The Labute approximate surface area is 141 Å². The van der Waals surface area contributed by atoms with Crippen LogP contribution in [0.2, 0.25) is 0 Å². The smallest absolute Gasteiger partial charge is 0.284 e. The molecule has 0 saturated heterocycles. The summed E-state index contributed by atoms with van der Waals surface area (Å²) in [6, 6.07) is 2.70. The minimum Gasteiger partial charge on any atom is -0.363 e. The van der Waals surface area contributed by atoms with Crippen LogP contribution < -0.4 is 15.8 Å². The van der Waals surface area contributed by atoms with Crippen molar-refractivity contribution in [2.45, 2.75) is 0 Å². The fourth-order valence-corrected chi connectivity index (χ4v) is 2.73. The van der Waals surface area contributed by atoms with Gasteiger partial charge in [-0.3, -0.25) is 19.6 Å². The lowest BCUT2D eigenvalue weighted by Crippen LogP contribution is -2.15. The number of fused-ring (bicyclic) bond motifs is 1. The third kappa shape index (κ3) is 3.58. The molecule has 25 heavy (non-hydrogen) atoms. The zero-order valence-corrected chi connectivity index (χ0v) is 13.6. The summed E-state index contributed by atoms with van der Waals surface area (Å²) >= 11 is 0. The van der Waals surface area contributed by atoms with Crippen LogP contribution in [-0.4, -0.2) is 46.4 Å². The maximum atomic E-state index is 12.5. The Morgan fingerprint density at radius 1 is 1.28 bits per heavy atom. The second-order valence-corrected chi connectivity index (χ2v) is 6.88. The Hall–Kier alpha value is -3.41. The maximum Gasteiger partial charge on any atom is 0.284 e. The molecular formula is C13H13N7O4S. The average Bonchev–Trinajstić information content (AvgIpc) is 3.13. The highest BCUT2D eigenvalue weighted by Gasteiger charge is 2.19. The standard InChI is InChI=1S/C13H13N7O4S/c1-25(23,24)20-6-4-7(12(22)19-13-15-2-3-16-13)9-8(5-6)17-11(18-9)10(14)21/h2-5,20H,1H3,(H2,14,21)(H,17,18)(H2,15,16,19,22). The van der Waals surface area contributed by atoms with Crippen molar-refractivity contribution in [1.82, 2.24) is 19.9 Å². The normalized spacial score (nSPS) is 11.4. The van der Waals surface area contributed by atoms with Gasteiger partial charge in [0, 0.05) is 12.4 Å². The monoisotopic (exact) mass is 363 g/mol. The number of carbonyl (C=O) groups is 2. The first-order valence-electron chi connectivity index (χ1n) is 6.85. The zero-order valence-electron chi connectivity index (χ0n) is 12.8. The molecule has 0 aliphatic rings. The summed E-state index contributed by atoms with van der Waals surface area (Å²) in [5.41, 5.74) is 5.78. The fraction of sp³-hybridized carbons (Fsp3) is 0.0769. The second kappa shape index (κ2) is 5.90. The van der Waals surface area contributed by atoms with Gasteiger partial charge in [-0.2, -0.15) is 0 Å². The number of anilines is 2. The molecule has 2 heterocycles. The van der Waals surface area contributed by atoms with E-state index in [1.807, 2.05) is 0 Å². The first-order chi connectivity index (χ1) is 11.7. The molecule has 0 spiro atoms. The second-order valence-electron chi connectivity index (χ2n) is 5.14. The molecule has 0 fully saturated rings. The minimum absolute atomic E-state index is 0.0313. The number of amides is 2. The summed E-state index contributed by atoms with van der Waals surface area (Å²) in [4.78, 5) is 37.1. The van der Waals surface area contributed by atoms with Crippen molar-refractivity contribution < 1.29 is 18.0 Å². The maximum absolute atomic E-state index is 12.5. The van der Waals surface area contributed by atoms with Crippen molar-refractivity contribution in [2.75, 3.05) is 16.3 Å². The molecule has 2 aromatic heterocycles. The molecule has 0 aliphatic carbocycles. The zero-order chi connectivity index (χ0) is 18.2. The van der Waals surface area contributed by atoms with Gasteiger partial charge in [0.1, 0.15) is 5.52 Å². The molecule has 1 aromatic carbocycles. The van der Waals surface area contributed by atoms with Crippen LogP contribution in [0.1, 0.15) is 21.0 Å². The van der Waals surface area contributed by atoms with Crippen LogP contribution in [0.5, 0.6) is 0 Å². The summed E-state index contributed by atoms with van der Waals surface area (Å²) in [5.74, 6) is -1.37. The van der Waals surface area contributed by atoms with E-state index in [9.17, 15) is 18.0 Å². The SMILES string of the molecule is CS(=O)(=O)Nc1cc(C(=O)Nc2ncc[nH]2)c2nc(C(N)=O)[nH]c2c1. The van der Waals surface area contributed by atoms with Gasteiger partial charge in [0.15, 0.2) is 5.82 Å². The first kappa shape index (κ1) is 16.4. The summed E-state index contributed by atoms with van der Waals surface area (Å²) in [6.45, 7) is 0. The number of imidazole rings is 2. The van der Waals surface area contributed by atoms with Crippen molar-refractivity contribution >= 4 is 44.5 Å². The molecule has 3 rings (SSSR count). The molecule has 2 amide bonds. The molecule has 0 saturated carbocycles. The Morgan fingerprint density at radius 3 is 2.64 bits per heavy atom. The third-order valence-corrected chi connectivity index (χ3v) is 3.70. The van der Waals surface area contributed by atoms with Crippen LogP contribution in [0, 0.1) is 0 Å². The van der Waals surface area contributed by atoms with E-state index in [4.69, 9.17) is 5.73 Å². The Balaban J connectivity index is 2.12. The predicted octanol–water partition coefficient (Wildman–Crippen LogP) is 0.00870. The van der Waals surface area contributed by atoms with Crippen LogP contribution in [-0.2, 0) is 10.0 Å². The molecule has 11 nitrogen and oxygen atoms in total. The lowest BCUT2D eigenvalue weighted by atomic mass is 10.1. The van der Waals surface area contributed by atoms with Crippen molar-refractivity contribution in [1.29, 1.82) is 0 Å². The number of nitrogens with zero attached hydrogens (tertiary/aromatic N) is 2. The Morgan fingerprint density at radius 2 is 2.04 bits per heavy atom. The van der Waals surface area contributed by atoms with Gasteiger partial charge in [-0.25, -0.2) is 18.4 Å². The van der Waals surface area contributed by atoms with Gasteiger partial charge in [0.05, 0.1) is 23.0 Å². The van der Waals surface area contributed by atoms with Crippen LogP contribution in [0.3, 0.4) is 0 Å². The number of benzene rings is 1. The predicted molar refractivity (Wildman–Crippen MR) is 89.6 cm³/mol. The van der Waals surface area contributed by atoms with Crippen LogP contribution in [0.15, 0.2) is 24.5 Å². The van der Waals surface area contributed by atoms with Crippen LogP contribution in [0.4, 0.5) is 11.6 Å². The van der Waals surface area contributed by atoms with Crippen molar-refractivity contribution in [3.05, 3.63) is 35.9 Å². The quantitative estimate of drug-likeness (QED) is 0.426. The Kier molecular flexibility index (Phi) is 3.88. The van der Waals surface area contributed by atoms with Crippen molar-refractivity contribution in [2.24, 2.45) is 5.73 Å². The number of hydrogen-bond donors (Lipinski definition) is 5. The molecule has 12 heteroatoms. The number of aromatic amines is 2. The highest BCUT2D eigenvalue weighted by atomic mass is 32.2. The summed E-state index contributed by atoms with van der Waals surface area (Å²) in [7, 11) is -3.57. The molecule has 0 bridgehead atoms. The van der Waals surface area contributed by atoms with E-state index in [1.165, 1.54) is 24.5 Å². The van der Waals surface area contributed by atoms with E-state index in [0.29, 0.717) is 0 Å². The summed E-state index contributed by atoms with van der Waals surface area (Å²) in [6.07, 6.45) is 3.95. The molecule has 6 N–H and O–H groups in total. The van der Waals surface area contributed by atoms with Gasteiger partial charge in [0.2, 0.25) is 16.0 Å². The van der Waals surface area contributed by atoms with Gasteiger partial charge in [0.25, 0.3) is 11.8 Å². The molecule has 0 aliphatic heterocycles.